The maximum Gasteiger partial charge on any atom is 0.179 e. The zero-order valence-electron chi connectivity index (χ0n) is 5.90. The van der Waals surface area contributed by atoms with Gasteiger partial charge in [0.2, 0.25) is 0 Å². The van der Waals surface area contributed by atoms with Gasteiger partial charge in [-0.15, -0.1) is 0 Å². The molecule has 0 bridgehead atoms. The molecule has 2 rings (SSSR count). The Balaban J connectivity index is 2.58. The first-order chi connectivity index (χ1) is 5.79. The molecular formula is C6H5ClN4O. The molecule has 0 amide bonds. The number of nitrogens with zero attached hydrogens (tertiary/aromatic N) is 3. The van der Waals surface area contributed by atoms with E-state index in [0.717, 1.165) is 0 Å². The van der Waals surface area contributed by atoms with Gasteiger partial charge in [-0.2, -0.15) is 0 Å². The zero-order valence-corrected chi connectivity index (χ0v) is 6.65. The Hall–Kier alpha value is -1.20. The van der Waals surface area contributed by atoms with Crippen molar-refractivity contribution >= 4 is 23.8 Å². The van der Waals surface area contributed by atoms with E-state index in [9.17, 15) is 5.11 Å². The minimum Gasteiger partial charge on any atom is -0.368 e. The summed E-state index contributed by atoms with van der Waals surface area (Å²) in [6, 6.07) is 0. The number of anilines is 1. The molecule has 62 valence electrons. The second kappa shape index (κ2) is 2.69. The van der Waals surface area contributed by atoms with Crippen molar-refractivity contribution in [3.05, 3.63) is 17.0 Å². The normalized spacial score (nSPS) is 20.0. The van der Waals surface area contributed by atoms with Crippen LogP contribution >= 0.6 is 11.6 Å². The molecule has 1 aliphatic rings. The lowest BCUT2D eigenvalue weighted by molar-refractivity contribution is 0.188. The topological polar surface area (TPSA) is 70.4 Å². The maximum atomic E-state index is 9.34. The Morgan fingerprint density at radius 3 is 3.08 bits per heavy atom. The SMILES string of the molecule is OC1N=CNc2ncnc(Cl)c21. The van der Waals surface area contributed by atoms with Gasteiger partial charge >= 0.3 is 0 Å². The highest BCUT2D eigenvalue weighted by molar-refractivity contribution is 6.30. The number of aliphatic imine (C=N–C) groups is 1. The number of hydrogen-bond donors (Lipinski definition) is 2. The summed E-state index contributed by atoms with van der Waals surface area (Å²) in [5, 5.41) is 12.3. The third-order valence-electron chi connectivity index (χ3n) is 1.51. The van der Waals surface area contributed by atoms with E-state index in [4.69, 9.17) is 11.6 Å². The van der Waals surface area contributed by atoms with Crippen LogP contribution < -0.4 is 5.32 Å². The average Bonchev–Trinajstić information content (AvgIpc) is 2.04. The van der Waals surface area contributed by atoms with Gasteiger partial charge in [0.1, 0.15) is 17.3 Å². The largest absolute Gasteiger partial charge is 0.368 e. The first-order valence-electron chi connectivity index (χ1n) is 3.25. The van der Waals surface area contributed by atoms with E-state index in [1.54, 1.807) is 0 Å². The number of aliphatic hydroxyl groups excluding tert-OH is 1. The standard InChI is InChI=1S/C6H5ClN4O/c7-4-3-5(9-1-8-4)10-2-11-6(3)12/h1-2,6,12H,(H,8,9,10,11). The van der Waals surface area contributed by atoms with Crippen LogP contribution in [-0.2, 0) is 0 Å². The summed E-state index contributed by atoms with van der Waals surface area (Å²) in [6.07, 6.45) is 1.73. The Labute approximate surface area is 73.1 Å². The van der Waals surface area contributed by atoms with Gasteiger partial charge in [-0.1, -0.05) is 11.6 Å². The minimum absolute atomic E-state index is 0.219. The quantitative estimate of drug-likeness (QED) is 0.579. The van der Waals surface area contributed by atoms with Gasteiger partial charge in [-0.05, 0) is 0 Å². The third kappa shape index (κ3) is 1.03. The number of fused-ring (bicyclic) bond motifs is 1. The molecule has 0 saturated carbocycles. The molecule has 0 radical (unpaired) electrons. The van der Waals surface area contributed by atoms with Gasteiger partial charge in [-0.3, -0.25) is 0 Å². The van der Waals surface area contributed by atoms with E-state index in [1.807, 2.05) is 0 Å². The van der Waals surface area contributed by atoms with Crippen molar-refractivity contribution in [3.8, 4) is 0 Å². The molecule has 1 aromatic rings. The van der Waals surface area contributed by atoms with Crippen molar-refractivity contribution in [1.82, 2.24) is 9.97 Å². The molecule has 0 saturated heterocycles. The van der Waals surface area contributed by atoms with E-state index < -0.39 is 6.23 Å². The van der Waals surface area contributed by atoms with E-state index in [-0.39, 0.29) is 5.15 Å². The molecule has 1 atom stereocenters. The van der Waals surface area contributed by atoms with E-state index >= 15 is 0 Å². The summed E-state index contributed by atoms with van der Waals surface area (Å²) in [5.74, 6) is 0.498. The molecule has 1 aromatic heterocycles. The number of hydrogen-bond acceptors (Lipinski definition) is 5. The van der Waals surface area contributed by atoms with Gasteiger partial charge in [-0.25, -0.2) is 15.0 Å². The number of halogens is 1. The van der Waals surface area contributed by atoms with Crippen molar-refractivity contribution in [2.75, 3.05) is 5.32 Å². The lowest BCUT2D eigenvalue weighted by Crippen LogP contribution is -2.12. The second-order valence-corrected chi connectivity index (χ2v) is 2.58. The molecule has 1 unspecified atom stereocenters. The highest BCUT2D eigenvalue weighted by Gasteiger charge is 2.19. The molecule has 5 nitrogen and oxygen atoms in total. The van der Waals surface area contributed by atoms with Crippen LogP contribution in [0.25, 0.3) is 0 Å². The minimum atomic E-state index is -0.963. The molecule has 0 aliphatic carbocycles. The van der Waals surface area contributed by atoms with Gasteiger partial charge in [0, 0.05) is 0 Å². The fourth-order valence-corrected chi connectivity index (χ4v) is 1.19. The Morgan fingerprint density at radius 2 is 2.33 bits per heavy atom. The van der Waals surface area contributed by atoms with Crippen LogP contribution in [0, 0.1) is 0 Å². The zero-order chi connectivity index (χ0) is 8.55. The summed E-state index contributed by atoms with van der Waals surface area (Å²) in [5.41, 5.74) is 0.418. The van der Waals surface area contributed by atoms with Crippen molar-refractivity contribution in [2.24, 2.45) is 4.99 Å². The molecule has 0 aromatic carbocycles. The Morgan fingerprint density at radius 1 is 1.50 bits per heavy atom. The average molecular weight is 185 g/mol. The van der Waals surface area contributed by atoms with Gasteiger partial charge in [0.15, 0.2) is 6.23 Å². The highest BCUT2D eigenvalue weighted by atomic mass is 35.5. The van der Waals surface area contributed by atoms with Crippen LogP contribution in [0.3, 0.4) is 0 Å². The number of aromatic nitrogens is 2. The Bertz CT molecular complexity index is 340. The lowest BCUT2D eigenvalue weighted by atomic mass is 10.2. The lowest BCUT2D eigenvalue weighted by Gasteiger charge is -2.15. The van der Waals surface area contributed by atoms with Crippen LogP contribution in [-0.4, -0.2) is 21.4 Å². The highest BCUT2D eigenvalue weighted by Crippen LogP contribution is 2.29. The predicted octanol–water partition coefficient (Wildman–Crippen LogP) is 0.575. The predicted molar refractivity (Wildman–Crippen MR) is 44.1 cm³/mol. The van der Waals surface area contributed by atoms with Crippen molar-refractivity contribution in [3.63, 3.8) is 0 Å². The third-order valence-corrected chi connectivity index (χ3v) is 1.81. The molecule has 2 N–H and O–H groups in total. The maximum absolute atomic E-state index is 9.34. The fourth-order valence-electron chi connectivity index (χ4n) is 0.961. The molecule has 2 heterocycles. The summed E-state index contributed by atoms with van der Waals surface area (Å²) in [7, 11) is 0. The van der Waals surface area contributed by atoms with Crippen LogP contribution in [0.5, 0.6) is 0 Å². The van der Waals surface area contributed by atoms with E-state index in [2.05, 4.69) is 20.3 Å². The monoisotopic (exact) mass is 184 g/mol. The van der Waals surface area contributed by atoms with Gasteiger partial charge in [0.05, 0.1) is 11.9 Å². The summed E-state index contributed by atoms with van der Waals surface area (Å²) in [4.78, 5) is 11.3. The van der Waals surface area contributed by atoms with Crippen molar-refractivity contribution in [2.45, 2.75) is 6.23 Å². The van der Waals surface area contributed by atoms with Crippen molar-refractivity contribution < 1.29 is 5.11 Å². The van der Waals surface area contributed by atoms with Crippen LogP contribution in [0.1, 0.15) is 11.8 Å². The van der Waals surface area contributed by atoms with Crippen LogP contribution in [0.4, 0.5) is 5.82 Å². The molecule has 12 heavy (non-hydrogen) atoms. The fraction of sp³-hybridized carbons (Fsp3) is 0.167. The number of rotatable bonds is 0. The van der Waals surface area contributed by atoms with Crippen molar-refractivity contribution in [1.29, 1.82) is 0 Å². The van der Waals surface area contributed by atoms with E-state index in [0.29, 0.717) is 11.4 Å². The number of aliphatic hydroxyl groups is 1. The summed E-state index contributed by atoms with van der Waals surface area (Å²) in [6.45, 7) is 0. The molecule has 6 heteroatoms. The Kier molecular flexibility index (Phi) is 1.67. The van der Waals surface area contributed by atoms with E-state index in [1.165, 1.54) is 12.7 Å². The smallest absolute Gasteiger partial charge is 0.179 e. The molecule has 0 spiro atoms. The van der Waals surface area contributed by atoms with Crippen LogP contribution in [0.15, 0.2) is 11.3 Å². The molecule has 1 aliphatic heterocycles. The molecular weight excluding hydrogens is 180 g/mol. The first kappa shape index (κ1) is 7.45. The summed E-state index contributed by atoms with van der Waals surface area (Å²) >= 11 is 5.71. The van der Waals surface area contributed by atoms with Gasteiger partial charge in [0.25, 0.3) is 0 Å². The summed E-state index contributed by atoms with van der Waals surface area (Å²) < 4.78 is 0. The first-order valence-corrected chi connectivity index (χ1v) is 3.63. The molecule has 0 fully saturated rings. The second-order valence-electron chi connectivity index (χ2n) is 2.22. The number of nitrogens with one attached hydrogen (secondary N) is 1. The van der Waals surface area contributed by atoms with Gasteiger partial charge < -0.3 is 10.4 Å². The van der Waals surface area contributed by atoms with Crippen LogP contribution in [0.2, 0.25) is 5.15 Å².